The van der Waals surface area contributed by atoms with Gasteiger partial charge in [-0.1, -0.05) is 80.1 Å². The lowest BCUT2D eigenvalue weighted by molar-refractivity contribution is -0.133. The monoisotopic (exact) mass is 521 g/mol. The summed E-state index contributed by atoms with van der Waals surface area (Å²) in [6.45, 7) is 11.9. The zero-order chi connectivity index (χ0) is 27.4. The van der Waals surface area contributed by atoms with E-state index in [1.54, 1.807) is 0 Å². The highest BCUT2D eigenvalue weighted by atomic mass is 16.2. The molecule has 2 unspecified atom stereocenters. The van der Waals surface area contributed by atoms with Crippen molar-refractivity contribution in [1.82, 2.24) is 19.6 Å². The molecule has 1 fully saturated rings. The SMILES string of the molecule is CC1=CC=C(c2cc(-c3ccccc3)nn2CC(=O)N2CCN(C3=NC=CC=CC3C)CC2)CC(C)C=C1C. The van der Waals surface area contributed by atoms with Gasteiger partial charge in [-0.25, -0.2) is 4.99 Å². The number of allylic oxidation sites excluding steroid dienone is 8. The summed E-state index contributed by atoms with van der Waals surface area (Å²) in [5.41, 5.74) is 6.77. The van der Waals surface area contributed by atoms with Crippen molar-refractivity contribution in [1.29, 1.82) is 0 Å². The Kier molecular flexibility index (Phi) is 8.10. The van der Waals surface area contributed by atoms with Gasteiger partial charge in [0.05, 0.1) is 11.4 Å². The van der Waals surface area contributed by atoms with Gasteiger partial charge in [-0.3, -0.25) is 9.48 Å². The van der Waals surface area contributed by atoms with Gasteiger partial charge in [-0.15, -0.1) is 0 Å². The van der Waals surface area contributed by atoms with E-state index in [0.29, 0.717) is 19.0 Å². The zero-order valence-corrected chi connectivity index (χ0v) is 23.5. The quantitative estimate of drug-likeness (QED) is 0.487. The number of benzene rings is 1. The maximum absolute atomic E-state index is 13.6. The third-order valence-electron chi connectivity index (χ3n) is 7.86. The summed E-state index contributed by atoms with van der Waals surface area (Å²) in [6.07, 6.45) is 15.7. The first-order valence-corrected chi connectivity index (χ1v) is 14.0. The molecule has 1 saturated heterocycles. The van der Waals surface area contributed by atoms with Crippen LogP contribution < -0.4 is 0 Å². The van der Waals surface area contributed by atoms with Gasteiger partial charge in [0.25, 0.3) is 0 Å². The topological polar surface area (TPSA) is 53.7 Å². The number of nitrogens with zero attached hydrogens (tertiary/aromatic N) is 5. The first kappa shape index (κ1) is 26.7. The van der Waals surface area contributed by atoms with E-state index in [4.69, 9.17) is 5.10 Å². The third-order valence-corrected chi connectivity index (χ3v) is 7.86. The van der Waals surface area contributed by atoms with Crippen molar-refractivity contribution in [2.45, 2.75) is 40.7 Å². The van der Waals surface area contributed by atoms with Crippen molar-refractivity contribution in [3.05, 3.63) is 95.9 Å². The van der Waals surface area contributed by atoms with Crippen molar-refractivity contribution in [2.75, 3.05) is 26.2 Å². The summed E-state index contributed by atoms with van der Waals surface area (Å²) in [6, 6.07) is 12.4. The lowest BCUT2D eigenvalue weighted by Crippen LogP contribution is -2.52. The number of hydrogen-bond donors (Lipinski definition) is 0. The highest BCUT2D eigenvalue weighted by Crippen LogP contribution is 2.31. The van der Waals surface area contributed by atoms with Crippen molar-refractivity contribution in [3.8, 4) is 11.3 Å². The molecule has 1 amide bonds. The first-order valence-electron chi connectivity index (χ1n) is 14.0. The molecular weight excluding hydrogens is 482 g/mol. The molecule has 39 heavy (non-hydrogen) atoms. The lowest BCUT2D eigenvalue weighted by atomic mass is 9.92. The number of amidine groups is 1. The molecule has 0 radical (unpaired) electrons. The highest BCUT2D eigenvalue weighted by molar-refractivity contribution is 5.87. The second-order valence-electron chi connectivity index (χ2n) is 10.9. The molecule has 2 aliphatic heterocycles. The maximum atomic E-state index is 13.6. The Morgan fingerprint density at radius 2 is 1.74 bits per heavy atom. The fourth-order valence-electron chi connectivity index (χ4n) is 5.51. The number of piperazine rings is 1. The molecule has 1 aromatic heterocycles. The van der Waals surface area contributed by atoms with Gasteiger partial charge in [-0.2, -0.15) is 5.10 Å². The summed E-state index contributed by atoms with van der Waals surface area (Å²) >= 11 is 0. The van der Waals surface area contributed by atoms with E-state index in [2.05, 4.69) is 80.1 Å². The van der Waals surface area contributed by atoms with Gasteiger partial charge in [-0.05, 0) is 49.5 Å². The Morgan fingerprint density at radius 1 is 0.974 bits per heavy atom. The van der Waals surface area contributed by atoms with Crippen LogP contribution in [0.25, 0.3) is 16.8 Å². The van der Waals surface area contributed by atoms with Crippen molar-refractivity contribution in [3.63, 3.8) is 0 Å². The third kappa shape index (κ3) is 6.22. The van der Waals surface area contributed by atoms with Crippen LogP contribution in [0.5, 0.6) is 0 Å². The molecule has 1 aromatic carbocycles. The van der Waals surface area contributed by atoms with Gasteiger partial charge >= 0.3 is 0 Å². The van der Waals surface area contributed by atoms with Crippen LogP contribution in [0.1, 0.15) is 39.8 Å². The predicted octanol–water partition coefficient (Wildman–Crippen LogP) is 6.13. The fraction of sp³-hybridized carbons (Fsp3) is 0.364. The Bertz CT molecular complexity index is 1380. The molecule has 1 aliphatic carbocycles. The smallest absolute Gasteiger partial charge is 0.244 e. The fourth-order valence-corrected chi connectivity index (χ4v) is 5.51. The number of hydrogen-bond acceptors (Lipinski definition) is 4. The molecule has 3 heterocycles. The summed E-state index contributed by atoms with van der Waals surface area (Å²) in [5.74, 6) is 1.84. The normalized spacial score (nSPS) is 21.8. The molecule has 3 aliphatic rings. The molecule has 0 spiro atoms. The predicted molar refractivity (Wildman–Crippen MR) is 160 cm³/mol. The highest BCUT2D eigenvalue weighted by Gasteiger charge is 2.26. The molecular formula is C33H39N5O. The minimum atomic E-state index is 0.108. The van der Waals surface area contributed by atoms with Crippen LogP contribution in [-0.2, 0) is 11.3 Å². The zero-order valence-electron chi connectivity index (χ0n) is 23.5. The first-order chi connectivity index (χ1) is 18.9. The molecule has 202 valence electrons. The Balaban J connectivity index is 1.37. The summed E-state index contributed by atoms with van der Waals surface area (Å²) in [5, 5.41) is 4.96. The van der Waals surface area contributed by atoms with Gasteiger partial charge in [0.15, 0.2) is 0 Å². The van der Waals surface area contributed by atoms with Crippen molar-refractivity contribution >= 4 is 17.3 Å². The second-order valence-corrected chi connectivity index (χ2v) is 10.9. The van der Waals surface area contributed by atoms with Gasteiger partial charge in [0, 0.05) is 43.9 Å². The average Bonchev–Trinajstić information content (AvgIpc) is 3.23. The van der Waals surface area contributed by atoms with Crippen LogP contribution >= 0.6 is 0 Å². The number of carbonyl (C=O) groups is 1. The standard InChI is InChI=1S/C33H39N5O/c1-24-20-27(4)25(2)13-14-29(21-24)31-22-30(28-11-6-5-7-12-28)35-38(31)23-32(39)36-16-18-37(19-17-36)33-26(3)10-8-9-15-34-33/h5-15,20,22,24,26H,16-19,21,23H2,1-4H3. The van der Waals surface area contributed by atoms with Crippen LogP contribution in [0.4, 0.5) is 0 Å². The largest absolute Gasteiger partial charge is 0.356 e. The lowest BCUT2D eigenvalue weighted by Gasteiger charge is -2.37. The number of aliphatic imine (C=N–C) groups is 1. The van der Waals surface area contributed by atoms with Crippen molar-refractivity contribution < 1.29 is 4.79 Å². The Morgan fingerprint density at radius 3 is 2.51 bits per heavy atom. The summed E-state index contributed by atoms with van der Waals surface area (Å²) < 4.78 is 1.92. The van der Waals surface area contributed by atoms with Crippen molar-refractivity contribution in [2.24, 2.45) is 16.8 Å². The van der Waals surface area contributed by atoms with Gasteiger partial charge in [0.2, 0.25) is 5.91 Å². The molecule has 0 saturated carbocycles. The van der Waals surface area contributed by atoms with Crippen LogP contribution in [0.15, 0.2) is 95.2 Å². The van der Waals surface area contributed by atoms with E-state index in [-0.39, 0.29) is 18.4 Å². The molecule has 0 N–H and O–H groups in total. The number of rotatable bonds is 4. The molecule has 6 heteroatoms. The summed E-state index contributed by atoms with van der Waals surface area (Å²) in [4.78, 5) is 22.5. The van der Waals surface area contributed by atoms with E-state index >= 15 is 0 Å². The van der Waals surface area contributed by atoms with Crippen LogP contribution in [-0.4, -0.2) is 57.5 Å². The van der Waals surface area contributed by atoms with Crippen LogP contribution in [0.3, 0.4) is 0 Å². The molecule has 2 aromatic rings. The number of carbonyl (C=O) groups excluding carboxylic acids is 1. The molecule has 5 rings (SSSR count). The van der Waals surface area contributed by atoms with Gasteiger partial charge in [0.1, 0.15) is 12.4 Å². The Hall–Kier alpha value is -3.93. The Labute approximate surface area is 232 Å². The average molecular weight is 522 g/mol. The second kappa shape index (κ2) is 11.9. The number of aromatic nitrogens is 2. The van der Waals surface area contributed by atoms with E-state index in [0.717, 1.165) is 42.3 Å². The van der Waals surface area contributed by atoms with Crippen LogP contribution in [0.2, 0.25) is 0 Å². The van der Waals surface area contributed by atoms with Gasteiger partial charge < -0.3 is 9.80 Å². The van der Waals surface area contributed by atoms with E-state index in [9.17, 15) is 4.79 Å². The van der Waals surface area contributed by atoms with Crippen LogP contribution in [0, 0.1) is 11.8 Å². The molecule has 2 atom stereocenters. The molecule has 0 bridgehead atoms. The minimum absolute atomic E-state index is 0.108. The van der Waals surface area contributed by atoms with E-state index < -0.39 is 0 Å². The maximum Gasteiger partial charge on any atom is 0.244 e. The molecule has 6 nitrogen and oxygen atoms in total. The number of amides is 1. The minimum Gasteiger partial charge on any atom is -0.356 e. The van der Waals surface area contributed by atoms with E-state index in [1.165, 1.54) is 16.7 Å². The summed E-state index contributed by atoms with van der Waals surface area (Å²) in [7, 11) is 0. The van der Waals surface area contributed by atoms with E-state index in [1.807, 2.05) is 46.1 Å².